The summed E-state index contributed by atoms with van der Waals surface area (Å²) in [5, 5.41) is 3.48. The molecule has 4 heteroatoms. The summed E-state index contributed by atoms with van der Waals surface area (Å²) in [4.78, 5) is 12.4. The minimum Gasteiger partial charge on any atom is -0.479 e. The molecule has 0 bridgehead atoms. The summed E-state index contributed by atoms with van der Waals surface area (Å²) >= 11 is 6.07. The van der Waals surface area contributed by atoms with Crippen molar-refractivity contribution >= 4 is 17.5 Å². The summed E-state index contributed by atoms with van der Waals surface area (Å²) in [6.07, 6.45) is -0.629. The molecule has 1 N–H and O–H groups in total. The first kappa shape index (κ1) is 19.3. The van der Waals surface area contributed by atoms with Crippen LogP contribution in [0.15, 0.2) is 48.5 Å². The van der Waals surface area contributed by atoms with E-state index >= 15 is 0 Å². The van der Waals surface area contributed by atoms with E-state index in [1.54, 1.807) is 19.1 Å². The molecule has 134 valence electrons. The maximum atomic E-state index is 12.4. The largest absolute Gasteiger partial charge is 0.479 e. The van der Waals surface area contributed by atoms with Gasteiger partial charge in [-0.1, -0.05) is 68.8 Å². The number of nitrogens with one attached hydrogen (secondary N) is 1. The van der Waals surface area contributed by atoms with Crippen molar-refractivity contribution in [1.29, 1.82) is 0 Å². The molecule has 2 unspecified atom stereocenters. The van der Waals surface area contributed by atoms with Crippen LogP contribution in [0.2, 0.25) is 5.02 Å². The van der Waals surface area contributed by atoms with Gasteiger partial charge in [0, 0.05) is 0 Å². The maximum absolute atomic E-state index is 12.4. The van der Waals surface area contributed by atoms with E-state index in [0.717, 1.165) is 5.56 Å². The van der Waals surface area contributed by atoms with Crippen molar-refractivity contribution in [1.82, 2.24) is 5.32 Å². The van der Waals surface area contributed by atoms with Crippen LogP contribution in [0.5, 0.6) is 5.75 Å². The average Bonchev–Trinajstić information content (AvgIpc) is 2.56. The summed E-state index contributed by atoms with van der Waals surface area (Å²) < 4.78 is 5.66. The normalized spacial score (nSPS) is 13.8. The van der Waals surface area contributed by atoms with Gasteiger partial charge in [0.1, 0.15) is 5.75 Å². The number of ether oxygens (including phenoxy) is 1. The van der Waals surface area contributed by atoms with Crippen molar-refractivity contribution in [2.24, 2.45) is 0 Å². The fourth-order valence-corrected chi connectivity index (χ4v) is 2.65. The molecule has 25 heavy (non-hydrogen) atoms. The van der Waals surface area contributed by atoms with E-state index in [-0.39, 0.29) is 17.4 Å². The summed E-state index contributed by atoms with van der Waals surface area (Å²) in [5.41, 5.74) is 2.44. The first-order valence-electron chi connectivity index (χ1n) is 8.50. The average molecular weight is 360 g/mol. The van der Waals surface area contributed by atoms with Gasteiger partial charge in [-0.2, -0.15) is 0 Å². The lowest BCUT2D eigenvalue weighted by Crippen LogP contribution is -2.37. The third-order valence-electron chi connectivity index (χ3n) is 4.15. The Morgan fingerprint density at radius 1 is 1.04 bits per heavy atom. The molecule has 2 rings (SSSR count). The molecule has 0 spiro atoms. The third kappa shape index (κ3) is 5.23. The van der Waals surface area contributed by atoms with Crippen LogP contribution >= 0.6 is 11.6 Å². The van der Waals surface area contributed by atoms with Gasteiger partial charge >= 0.3 is 0 Å². The van der Waals surface area contributed by atoms with E-state index in [4.69, 9.17) is 16.3 Å². The van der Waals surface area contributed by atoms with Crippen LogP contribution in [0.3, 0.4) is 0 Å². The predicted octanol–water partition coefficient (Wildman–Crippen LogP) is 5.28. The van der Waals surface area contributed by atoms with Crippen LogP contribution in [-0.4, -0.2) is 12.0 Å². The van der Waals surface area contributed by atoms with Crippen molar-refractivity contribution in [3.05, 3.63) is 64.7 Å². The Morgan fingerprint density at radius 2 is 1.64 bits per heavy atom. The Balaban J connectivity index is 1.98. The molecule has 2 aromatic carbocycles. The van der Waals surface area contributed by atoms with Gasteiger partial charge in [0.2, 0.25) is 0 Å². The van der Waals surface area contributed by atoms with E-state index in [2.05, 4.69) is 50.4 Å². The van der Waals surface area contributed by atoms with Gasteiger partial charge in [0.05, 0.1) is 11.1 Å². The van der Waals surface area contributed by atoms with Crippen molar-refractivity contribution < 1.29 is 9.53 Å². The Labute approximate surface area is 155 Å². The maximum Gasteiger partial charge on any atom is 0.261 e. The molecule has 2 atom stereocenters. The molecule has 0 saturated carbocycles. The first-order valence-corrected chi connectivity index (χ1v) is 8.88. The van der Waals surface area contributed by atoms with Crippen molar-refractivity contribution in [2.45, 2.75) is 52.2 Å². The molecule has 0 saturated heterocycles. The lowest BCUT2D eigenvalue weighted by molar-refractivity contribution is -0.127. The molecule has 0 heterocycles. The van der Waals surface area contributed by atoms with Gasteiger partial charge in [-0.15, -0.1) is 0 Å². The van der Waals surface area contributed by atoms with Gasteiger partial charge < -0.3 is 10.1 Å². The van der Waals surface area contributed by atoms with Gasteiger partial charge in [0.25, 0.3) is 5.91 Å². The zero-order chi connectivity index (χ0) is 18.6. The van der Waals surface area contributed by atoms with Crippen LogP contribution in [0, 0.1) is 0 Å². The van der Waals surface area contributed by atoms with Crippen LogP contribution in [0.25, 0.3) is 0 Å². The SMILES string of the molecule is CC(Oc1ccccc1Cl)C(=O)NC(C)c1ccc(C(C)(C)C)cc1. The van der Waals surface area contributed by atoms with E-state index < -0.39 is 6.10 Å². The molecular formula is C21H26ClNO2. The minimum absolute atomic E-state index is 0.0983. The number of halogens is 1. The van der Waals surface area contributed by atoms with E-state index in [1.807, 2.05) is 19.1 Å². The second-order valence-corrected chi connectivity index (χ2v) is 7.70. The summed E-state index contributed by atoms with van der Waals surface area (Å²) in [5.74, 6) is 0.335. The van der Waals surface area contributed by atoms with Crippen LogP contribution in [0.4, 0.5) is 0 Å². The Morgan fingerprint density at radius 3 is 2.20 bits per heavy atom. The topological polar surface area (TPSA) is 38.3 Å². The number of carbonyl (C=O) groups is 1. The van der Waals surface area contributed by atoms with Crippen LogP contribution < -0.4 is 10.1 Å². The number of para-hydroxylation sites is 1. The van der Waals surface area contributed by atoms with Crippen LogP contribution in [-0.2, 0) is 10.2 Å². The molecule has 0 aliphatic carbocycles. The van der Waals surface area contributed by atoms with Gasteiger partial charge in [-0.3, -0.25) is 4.79 Å². The highest BCUT2D eigenvalue weighted by molar-refractivity contribution is 6.32. The van der Waals surface area contributed by atoms with E-state index in [0.29, 0.717) is 10.8 Å². The number of hydrogen-bond acceptors (Lipinski definition) is 2. The lowest BCUT2D eigenvalue weighted by Gasteiger charge is -2.22. The van der Waals surface area contributed by atoms with Crippen molar-refractivity contribution in [2.75, 3.05) is 0 Å². The standard InChI is InChI=1S/C21H26ClNO2/c1-14(16-10-12-17(13-11-16)21(3,4)5)23-20(24)15(2)25-19-9-7-6-8-18(19)22/h6-15H,1-5H3,(H,23,24). The fraction of sp³-hybridized carbons (Fsp3) is 0.381. The Bertz CT molecular complexity index is 719. The number of benzene rings is 2. The quantitative estimate of drug-likeness (QED) is 0.788. The van der Waals surface area contributed by atoms with Gasteiger partial charge in [0.15, 0.2) is 6.10 Å². The second-order valence-electron chi connectivity index (χ2n) is 7.29. The number of hydrogen-bond donors (Lipinski definition) is 1. The summed E-state index contributed by atoms with van der Waals surface area (Å²) in [6.45, 7) is 10.2. The van der Waals surface area contributed by atoms with Crippen molar-refractivity contribution in [3.63, 3.8) is 0 Å². The molecule has 3 nitrogen and oxygen atoms in total. The Kier molecular flexibility index (Phi) is 6.12. The van der Waals surface area contributed by atoms with E-state index in [9.17, 15) is 4.79 Å². The zero-order valence-corrected chi connectivity index (χ0v) is 16.2. The third-order valence-corrected chi connectivity index (χ3v) is 4.46. The second kappa shape index (κ2) is 7.92. The number of rotatable bonds is 5. The molecule has 0 fully saturated rings. The lowest BCUT2D eigenvalue weighted by atomic mass is 9.86. The van der Waals surface area contributed by atoms with Crippen molar-refractivity contribution in [3.8, 4) is 5.75 Å². The first-order chi connectivity index (χ1) is 11.7. The number of carbonyl (C=O) groups excluding carboxylic acids is 1. The highest BCUT2D eigenvalue weighted by Crippen LogP contribution is 2.25. The molecule has 1 amide bonds. The zero-order valence-electron chi connectivity index (χ0n) is 15.5. The fourth-order valence-electron chi connectivity index (χ4n) is 2.47. The highest BCUT2D eigenvalue weighted by Gasteiger charge is 2.19. The van der Waals surface area contributed by atoms with Crippen LogP contribution in [0.1, 0.15) is 51.8 Å². The minimum atomic E-state index is -0.629. The molecule has 0 aliphatic heterocycles. The smallest absolute Gasteiger partial charge is 0.261 e. The molecule has 2 aromatic rings. The van der Waals surface area contributed by atoms with Gasteiger partial charge in [-0.25, -0.2) is 0 Å². The molecule has 0 radical (unpaired) electrons. The monoisotopic (exact) mass is 359 g/mol. The number of amides is 1. The van der Waals surface area contributed by atoms with Gasteiger partial charge in [-0.05, 0) is 42.5 Å². The highest BCUT2D eigenvalue weighted by atomic mass is 35.5. The summed E-state index contributed by atoms with van der Waals surface area (Å²) in [7, 11) is 0. The molecule has 0 aliphatic rings. The molecular weight excluding hydrogens is 334 g/mol. The molecule has 0 aromatic heterocycles. The summed E-state index contributed by atoms with van der Waals surface area (Å²) in [6, 6.07) is 15.4. The van der Waals surface area contributed by atoms with E-state index in [1.165, 1.54) is 5.56 Å². The predicted molar refractivity (Wildman–Crippen MR) is 103 cm³/mol. The Hall–Kier alpha value is -2.00.